The molecule has 4 atom stereocenters. The van der Waals surface area contributed by atoms with Crippen LogP contribution in [0.4, 0.5) is 0 Å². The molecule has 0 saturated heterocycles. The van der Waals surface area contributed by atoms with Gasteiger partial charge in [-0.05, 0) is 57.4 Å². The molecule has 0 heterocycles. The second-order valence-electron chi connectivity index (χ2n) is 9.50. The molecular weight excluding hydrogens is 498 g/mol. The molecule has 4 amide bonds. The monoisotopic (exact) mass is 543 g/mol. The van der Waals surface area contributed by atoms with E-state index in [-0.39, 0.29) is 50.5 Å². The number of nitrogens with one attached hydrogen (secondary N) is 3. The molecule has 0 bridgehead atoms. The number of nitrogens with two attached hydrogens (primary N) is 5. The molecule has 0 aliphatic heterocycles. The van der Waals surface area contributed by atoms with Crippen molar-refractivity contribution in [2.24, 2.45) is 39.6 Å². The Morgan fingerprint density at radius 2 is 1.34 bits per heavy atom. The predicted octanol–water partition coefficient (Wildman–Crippen LogP) is -2.65. The van der Waals surface area contributed by atoms with E-state index in [1.807, 2.05) is 13.8 Å². The molecule has 38 heavy (non-hydrogen) atoms. The van der Waals surface area contributed by atoms with Crippen LogP contribution in [0.3, 0.4) is 0 Å². The number of aliphatic imine (C=N–C) groups is 1. The summed E-state index contributed by atoms with van der Waals surface area (Å²) in [7, 11) is 0. The Morgan fingerprint density at radius 3 is 1.87 bits per heavy atom. The number of primary amides is 1. The molecule has 218 valence electrons. The van der Waals surface area contributed by atoms with Crippen LogP contribution >= 0.6 is 0 Å². The fourth-order valence-electron chi connectivity index (χ4n) is 3.48. The van der Waals surface area contributed by atoms with Crippen LogP contribution in [0, 0.1) is 5.92 Å². The number of rotatable bonds is 20. The lowest BCUT2D eigenvalue weighted by Crippen LogP contribution is -2.57. The van der Waals surface area contributed by atoms with Gasteiger partial charge in [-0.3, -0.25) is 24.2 Å². The number of carbonyl (C=O) groups is 5. The van der Waals surface area contributed by atoms with Crippen LogP contribution in [0.1, 0.15) is 65.2 Å². The van der Waals surface area contributed by atoms with E-state index in [9.17, 15) is 29.1 Å². The van der Waals surface area contributed by atoms with Gasteiger partial charge in [0.15, 0.2) is 5.96 Å². The third-order valence-electron chi connectivity index (χ3n) is 5.52. The highest BCUT2D eigenvalue weighted by Gasteiger charge is 2.30. The average molecular weight is 544 g/mol. The number of amides is 4. The lowest BCUT2D eigenvalue weighted by atomic mass is 10.0. The van der Waals surface area contributed by atoms with Crippen molar-refractivity contribution < 1.29 is 29.1 Å². The van der Waals surface area contributed by atoms with E-state index in [1.54, 1.807) is 0 Å². The lowest BCUT2D eigenvalue weighted by molar-refractivity contribution is -0.142. The molecule has 0 fully saturated rings. The quantitative estimate of drug-likeness (QED) is 0.0436. The van der Waals surface area contributed by atoms with Crippen molar-refractivity contribution in [3.05, 3.63) is 0 Å². The summed E-state index contributed by atoms with van der Waals surface area (Å²) in [6.45, 7) is 4.27. The highest BCUT2D eigenvalue weighted by atomic mass is 16.4. The Balaban J connectivity index is 5.48. The first-order valence-electron chi connectivity index (χ1n) is 12.7. The minimum atomic E-state index is -1.24. The number of unbranched alkanes of at least 4 members (excludes halogenated alkanes) is 1. The summed E-state index contributed by atoms with van der Waals surface area (Å²) in [6, 6.07) is -4.35. The molecule has 4 unspecified atom stereocenters. The highest BCUT2D eigenvalue weighted by molar-refractivity contribution is 5.94. The zero-order valence-corrected chi connectivity index (χ0v) is 22.3. The second kappa shape index (κ2) is 18.7. The molecule has 0 aliphatic carbocycles. The van der Waals surface area contributed by atoms with Crippen LogP contribution in [0.25, 0.3) is 0 Å². The van der Waals surface area contributed by atoms with Crippen molar-refractivity contribution in [1.29, 1.82) is 0 Å². The topological polar surface area (TPSA) is 284 Å². The van der Waals surface area contributed by atoms with E-state index in [0.717, 1.165) is 0 Å². The summed E-state index contributed by atoms with van der Waals surface area (Å²) in [5.41, 5.74) is 27.0. The molecule has 0 saturated carbocycles. The highest BCUT2D eigenvalue weighted by Crippen LogP contribution is 2.09. The van der Waals surface area contributed by atoms with Gasteiger partial charge >= 0.3 is 5.97 Å². The van der Waals surface area contributed by atoms with E-state index in [4.69, 9.17) is 28.7 Å². The molecule has 0 aromatic heterocycles. The molecule has 0 spiro atoms. The fraction of sp³-hybridized carbons (Fsp3) is 0.739. The molecule has 0 aromatic rings. The van der Waals surface area contributed by atoms with Crippen LogP contribution < -0.4 is 44.6 Å². The minimum Gasteiger partial charge on any atom is -0.480 e. The zero-order valence-electron chi connectivity index (χ0n) is 22.3. The van der Waals surface area contributed by atoms with Gasteiger partial charge in [-0.15, -0.1) is 0 Å². The molecule has 0 aliphatic rings. The maximum absolute atomic E-state index is 13.1. The van der Waals surface area contributed by atoms with Gasteiger partial charge in [0.25, 0.3) is 0 Å². The van der Waals surface area contributed by atoms with Crippen molar-refractivity contribution in [2.45, 2.75) is 89.4 Å². The van der Waals surface area contributed by atoms with Crippen molar-refractivity contribution in [3.63, 3.8) is 0 Å². The van der Waals surface area contributed by atoms with Crippen molar-refractivity contribution in [2.75, 3.05) is 13.1 Å². The van der Waals surface area contributed by atoms with Gasteiger partial charge in [-0.25, -0.2) is 4.79 Å². The first kappa shape index (κ1) is 34.5. The van der Waals surface area contributed by atoms with Crippen LogP contribution in [0.5, 0.6) is 0 Å². The number of guanidine groups is 1. The Labute approximate surface area is 223 Å². The Kier molecular flexibility index (Phi) is 17.0. The summed E-state index contributed by atoms with van der Waals surface area (Å²) >= 11 is 0. The maximum Gasteiger partial charge on any atom is 0.326 e. The number of carboxylic acid groups (broad SMARTS) is 1. The average Bonchev–Trinajstić information content (AvgIpc) is 2.82. The van der Waals surface area contributed by atoms with Gasteiger partial charge in [0.2, 0.25) is 23.6 Å². The van der Waals surface area contributed by atoms with E-state index >= 15 is 0 Å². The minimum absolute atomic E-state index is 0.0104. The summed E-state index contributed by atoms with van der Waals surface area (Å²) in [6.07, 6.45) is 1.87. The maximum atomic E-state index is 13.1. The standard InChI is InChI=1S/C23H45N9O6/c1-13(2)12-17(21(36)31-16(22(37)38)7-5-11-29-23(27)28)32-20(35)15(6-3-4-10-24)30-19(34)14(25)8-9-18(26)33/h13-17H,3-12,24-25H2,1-2H3,(H2,26,33)(H,30,34)(H,31,36)(H,32,35)(H,37,38)(H4,27,28,29). The van der Waals surface area contributed by atoms with Gasteiger partial charge in [-0.2, -0.15) is 0 Å². The van der Waals surface area contributed by atoms with E-state index in [0.29, 0.717) is 25.8 Å². The van der Waals surface area contributed by atoms with Gasteiger partial charge in [0, 0.05) is 13.0 Å². The number of carboxylic acids is 1. The molecule has 15 nitrogen and oxygen atoms in total. The molecular formula is C23H45N9O6. The third kappa shape index (κ3) is 15.6. The van der Waals surface area contributed by atoms with Gasteiger partial charge in [0.05, 0.1) is 6.04 Å². The normalized spacial score (nSPS) is 14.0. The first-order valence-corrected chi connectivity index (χ1v) is 12.7. The SMILES string of the molecule is CC(C)CC(NC(=O)C(CCCCN)NC(=O)C(N)CCC(N)=O)C(=O)NC(CCCN=C(N)N)C(=O)O. The summed E-state index contributed by atoms with van der Waals surface area (Å²) in [5, 5.41) is 17.2. The lowest BCUT2D eigenvalue weighted by Gasteiger charge is -2.26. The zero-order chi connectivity index (χ0) is 29.3. The molecule has 15 heteroatoms. The van der Waals surface area contributed by atoms with Crippen molar-refractivity contribution >= 4 is 35.6 Å². The van der Waals surface area contributed by atoms with Gasteiger partial charge < -0.3 is 49.7 Å². The van der Waals surface area contributed by atoms with Gasteiger partial charge in [-0.1, -0.05) is 13.8 Å². The Bertz CT molecular complexity index is 817. The predicted molar refractivity (Wildman–Crippen MR) is 142 cm³/mol. The Morgan fingerprint density at radius 1 is 0.789 bits per heavy atom. The Hall–Kier alpha value is -3.46. The molecule has 14 N–H and O–H groups in total. The van der Waals surface area contributed by atoms with Crippen molar-refractivity contribution in [3.8, 4) is 0 Å². The van der Waals surface area contributed by atoms with Crippen LogP contribution in [-0.2, 0) is 24.0 Å². The smallest absolute Gasteiger partial charge is 0.326 e. The number of aliphatic carboxylic acids is 1. The van der Waals surface area contributed by atoms with E-state index < -0.39 is 53.8 Å². The number of hydrogen-bond acceptors (Lipinski definition) is 8. The van der Waals surface area contributed by atoms with Crippen molar-refractivity contribution in [1.82, 2.24) is 16.0 Å². The molecule has 0 rings (SSSR count). The van der Waals surface area contributed by atoms with Crippen LogP contribution in [-0.4, -0.2) is 77.9 Å². The number of nitrogens with zero attached hydrogens (tertiary/aromatic N) is 1. The summed E-state index contributed by atoms with van der Waals surface area (Å²) < 4.78 is 0. The molecule has 0 aromatic carbocycles. The number of carbonyl (C=O) groups excluding carboxylic acids is 4. The van der Waals surface area contributed by atoms with Crippen LogP contribution in [0.15, 0.2) is 4.99 Å². The molecule has 0 radical (unpaired) electrons. The second-order valence-corrected chi connectivity index (χ2v) is 9.50. The summed E-state index contributed by atoms with van der Waals surface area (Å²) in [4.78, 5) is 65.1. The van der Waals surface area contributed by atoms with E-state index in [1.165, 1.54) is 0 Å². The first-order chi connectivity index (χ1) is 17.8. The van der Waals surface area contributed by atoms with Crippen LogP contribution in [0.2, 0.25) is 0 Å². The van der Waals surface area contributed by atoms with Gasteiger partial charge in [0.1, 0.15) is 18.1 Å². The fourth-order valence-corrected chi connectivity index (χ4v) is 3.48. The number of hydrogen-bond donors (Lipinski definition) is 9. The largest absolute Gasteiger partial charge is 0.480 e. The summed E-state index contributed by atoms with van der Waals surface area (Å²) in [5.74, 6) is -3.94. The van der Waals surface area contributed by atoms with E-state index in [2.05, 4.69) is 20.9 Å². The third-order valence-corrected chi connectivity index (χ3v) is 5.52.